The first-order valence-electron chi connectivity index (χ1n) is 14.5. The lowest BCUT2D eigenvalue weighted by Gasteiger charge is -2.32. The summed E-state index contributed by atoms with van der Waals surface area (Å²) in [5.41, 5.74) is 2.29. The number of benzene rings is 2. The number of carbonyl (C=O) groups is 2. The minimum atomic E-state index is -0.431. The lowest BCUT2D eigenvalue weighted by atomic mass is 10.1. The number of amides is 2. The van der Waals surface area contributed by atoms with Crippen molar-refractivity contribution in [1.82, 2.24) is 14.9 Å². The Morgan fingerprint density at radius 1 is 0.791 bits per heavy atom. The topological polar surface area (TPSA) is 96.9 Å². The van der Waals surface area contributed by atoms with E-state index in [1.807, 2.05) is 12.1 Å². The zero-order valence-corrected chi connectivity index (χ0v) is 23.6. The lowest BCUT2D eigenvalue weighted by Crippen LogP contribution is -2.41. The molecule has 2 aromatic carbocycles. The summed E-state index contributed by atoms with van der Waals surface area (Å²) in [5, 5.41) is 2.73. The van der Waals surface area contributed by atoms with Crippen molar-refractivity contribution in [2.45, 2.75) is 31.8 Å². The van der Waals surface area contributed by atoms with Gasteiger partial charge in [0, 0.05) is 57.0 Å². The Hall–Kier alpha value is -4.99. The Morgan fingerprint density at radius 2 is 1.51 bits per heavy atom. The van der Waals surface area contributed by atoms with Crippen LogP contribution >= 0.6 is 0 Å². The molecule has 2 aromatic heterocycles. The second kappa shape index (κ2) is 12.9. The number of nitrogens with zero attached hydrogens (tertiary/aromatic N) is 4. The van der Waals surface area contributed by atoms with E-state index < -0.39 is 5.91 Å². The van der Waals surface area contributed by atoms with E-state index in [0.717, 1.165) is 31.7 Å². The van der Waals surface area contributed by atoms with Gasteiger partial charge in [-0.3, -0.25) is 14.6 Å². The van der Waals surface area contributed by atoms with Gasteiger partial charge < -0.3 is 24.6 Å². The first-order valence-corrected chi connectivity index (χ1v) is 14.5. The van der Waals surface area contributed by atoms with Gasteiger partial charge in [0.25, 0.3) is 11.8 Å². The molecule has 4 aromatic rings. The molecule has 43 heavy (non-hydrogen) atoms. The third-order valence-corrected chi connectivity index (χ3v) is 7.61. The van der Waals surface area contributed by atoms with E-state index in [1.165, 1.54) is 61.3 Å². The molecule has 0 unspecified atom stereocenters. The summed E-state index contributed by atoms with van der Waals surface area (Å²) in [6.07, 6.45) is 6.92. The number of carbonyl (C=O) groups excluding carboxylic acids is 2. The number of rotatable bonds is 8. The maximum absolute atomic E-state index is 13.1. The Labute approximate surface area is 249 Å². The van der Waals surface area contributed by atoms with Gasteiger partial charge in [0.1, 0.15) is 29.1 Å². The van der Waals surface area contributed by atoms with Crippen LogP contribution in [0.2, 0.25) is 0 Å². The van der Waals surface area contributed by atoms with Crippen molar-refractivity contribution < 1.29 is 23.5 Å². The molecule has 0 spiro atoms. The minimum absolute atomic E-state index is 0.0592. The number of pyridine rings is 2. The third kappa shape index (κ3) is 7.09. The molecule has 0 saturated carbocycles. The molecule has 220 valence electrons. The molecule has 0 bridgehead atoms. The van der Waals surface area contributed by atoms with Crippen molar-refractivity contribution in [2.75, 3.05) is 36.4 Å². The molecule has 2 aliphatic heterocycles. The number of hydrogen-bond acceptors (Lipinski definition) is 7. The normalized spacial score (nSPS) is 15.3. The Kier molecular flexibility index (Phi) is 8.44. The maximum Gasteiger partial charge on any atom is 0.274 e. The molecule has 1 N–H and O–H groups in total. The minimum Gasteiger partial charge on any atom is -0.490 e. The van der Waals surface area contributed by atoms with E-state index in [9.17, 15) is 14.0 Å². The number of hydrogen-bond donors (Lipinski definition) is 1. The summed E-state index contributed by atoms with van der Waals surface area (Å²) in [4.78, 5) is 38.4. The summed E-state index contributed by atoms with van der Waals surface area (Å²) in [6, 6.07) is 20.3. The molecular formula is C33H32FN5O4. The number of likely N-dealkylation sites (tertiary alicyclic amines) is 1. The standard InChI is InChI=1S/C33H32FN5O4/c34-24-4-9-28(10-5-24)43-31-14-6-25(22-36-31)37-32(40)30-13-3-23(21-35-30)33(41)39-19-15-29(16-20-39)42-27-11-7-26(8-12-27)38-17-1-2-18-38/h3-14,21-22,29H,1-2,15-20H2,(H,37,40). The maximum atomic E-state index is 13.1. The van der Waals surface area contributed by atoms with Crippen LogP contribution in [0.5, 0.6) is 17.4 Å². The van der Waals surface area contributed by atoms with Gasteiger partial charge in [0.15, 0.2) is 0 Å². The number of halogens is 1. The highest BCUT2D eigenvalue weighted by Crippen LogP contribution is 2.26. The molecule has 4 heterocycles. The predicted octanol–water partition coefficient (Wildman–Crippen LogP) is 5.94. The van der Waals surface area contributed by atoms with Crippen molar-refractivity contribution in [3.8, 4) is 17.4 Å². The number of aromatic nitrogens is 2. The van der Waals surface area contributed by atoms with E-state index in [0.29, 0.717) is 36.0 Å². The van der Waals surface area contributed by atoms with Crippen molar-refractivity contribution in [1.29, 1.82) is 0 Å². The predicted molar refractivity (Wildman–Crippen MR) is 160 cm³/mol. The van der Waals surface area contributed by atoms with Crippen LogP contribution in [0.15, 0.2) is 85.2 Å². The van der Waals surface area contributed by atoms with Crippen LogP contribution in [0.1, 0.15) is 46.5 Å². The molecule has 10 heteroatoms. The average molecular weight is 582 g/mol. The molecule has 9 nitrogen and oxygen atoms in total. The second-order valence-electron chi connectivity index (χ2n) is 10.6. The van der Waals surface area contributed by atoms with Crippen molar-refractivity contribution in [3.63, 3.8) is 0 Å². The fourth-order valence-electron chi connectivity index (χ4n) is 5.25. The summed E-state index contributed by atoms with van der Waals surface area (Å²) in [6.45, 7) is 3.40. The van der Waals surface area contributed by atoms with Gasteiger partial charge >= 0.3 is 0 Å². The molecular weight excluding hydrogens is 549 g/mol. The number of ether oxygens (including phenoxy) is 2. The SMILES string of the molecule is O=C(Nc1ccc(Oc2ccc(F)cc2)nc1)c1ccc(C(=O)N2CCC(Oc3ccc(N4CCCC4)cc3)CC2)cn1. The van der Waals surface area contributed by atoms with E-state index in [1.54, 1.807) is 23.1 Å². The summed E-state index contributed by atoms with van der Waals surface area (Å²) >= 11 is 0. The molecule has 6 rings (SSSR count). The van der Waals surface area contributed by atoms with Gasteiger partial charge in [-0.1, -0.05) is 0 Å². The second-order valence-corrected chi connectivity index (χ2v) is 10.6. The Balaban J connectivity index is 0.967. The first-order chi connectivity index (χ1) is 21.0. The Bertz CT molecular complexity index is 1530. The van der Waals surface area contributed by atoms with Gasteiger partial charge in [-0.15, -0.1) is 0 Å². The number of nitrogens with one attached hydrogen (secondary N) is 1. The lowest BCUT2D eigenvalue weighted by molar-refractivity contribution is 0.0595. The van der Waals surface area contributed by atoms with Gasteiger partial charge in [-0.25, -0.2) is 9.37 Å². The van der Waals surface area contributed by atoms with Crippen molar-refractivity contribution in [3.05, 3.63) is 102 Å². The molecule has 2 amide bonds. The zero-order chi connectivity index (χ0) is 29.6. The number of anilines is 2. The highest BCUT2D eigenvalue weighted by Gasteiger charge is 2.25. The summed E-state index contributed by atoms with van der Waals surface area (Å²) in [7, 11) is 0. The fraction of sp³-hybridized carbons (Fsp3) is 0.273. The number of piperidine rings is 1. The van der Waals surface area contributed by atoms with Crippen LogP contribution in [-0.4, -0.2) is 59.0 Å². The van der Waals surface area contributed by atoms with Gasteiger partial charge in [0.2, 0.25) is 5.88 Å². The summed E-state index contributed by atoms with van der Waals surface area (Å²) < 4.78 is 24.8. The van der Waals surface area contributed by atoms with Gasteiger partial charge in [-0.05, 0) is 79.6 Å². The third-order valence-electron chi connectivity index (χ3n) is 7.61. The first kappa shape index (κ1) is 28.1. The van der Waals surface area contributed by atoms with E-state index >= 15 is 0 Å². The average Bonchev–Trinajstić information content (AvgIpc) is 3.59. The van der Waals surface area contributed by atoms with Crippen molar-refractivity contribution >= 4 is 23.2 Å². The van der Waals surface area contributed by atoms with Crippen LogP contribution in [0.25, 0.3) is 0 Å². The molecule has 0 atom stereocenters. The molecule has 0 radical (unpaired) electrons. The highest BCUT2D eigenvalue weighted by molar-refractivity contribution is 6.03. The highest BCUT2D eigenvalue weighted by atomic mass is 19.1. The zero-order valence-electron chi connectivity index (χ0n) is 23.6. The van der Waals surface area contributed by atoms with E-state index in [2.05, 4.69) is 32.3 Å². The smallest absolute Gasteiger partial charge is 0.274 e. The fourth-order valence-corrected chi connectivity index (χ4v) is 5.25. The van der Waals surface area contributed by atoms with Crippen LogP contribution < -0.4 is 19.7 Å². The largest absolute Gasteiger partial charge is 0.490 e. The molecule has 2 aliphatic rings. The molecule has 2 saturated heterocycles. The van der Waals surface area contributed by atoms with E-state index in [-0.39, 0.29) is 23.5 Å². The van der Waals surface area contributed by atoms with Crippen LogP contribution in [0.4, 0.5) is 15.8 Å². The van der Waals surface area contributed by atoms with Crippen LogP contribution in [-0.2, 0) is 0 Å². The summed E-state index contributed by atoms with van der Waals surface area (Å²) in [5.74, 6) is 0.696. The quantitative estimate of drug-likeness (QED) is 0.275. The van der Waals surface area contributed by atoms with Crippen LogP contribution in [0, 0.1) is 5.82 Å². The van der Waals surface area contributed by atoms with E-state index in [4.69, 9.17) is 9.47 Å². The molecule has 0 aliphatic carbocycles. The Morgan fingerprint density at radius 3 is 2.16 bits per heavy atom. The van der Waals surface area contributed by atoms with Gasteiger partial charge in [-0.2, -0.15) is 0 Å². The monoisotopic (exact) mass is 581 g/mol. The van der Waals surface area contributed by atoms with Crippen LogP contribution in [0.3, 0.4) is 0 Å². The van der Waals surface area contributed by atoms with Crippen molar-refractivity contribution in [2.24, 2.45) is 0 Å². The van der Waals surface area contributed by atoms with Gasteiger partial charge in [0.05, 0.1) is 17.4 Å². The molecule has 2 fully saturated rings.